The number of benzene rings is 1. The molecule has 0 aromatic heterocycles. The number of hydrogen-bond acceptors (Lipinski definition) is 3. The van der Waals surface area contributed by atoms with Crippen LogP contribution < -0.4 is 10.2 Å². The minimum absolute atomic E-state index is 0.109. The van der Waals surface area contributed by atoms with E-state index in [2.05, 4.69) is 5.32 Å². The largest absolute Gasteiger partial charge is 0.481 e. The zero-order chi connectivity index (χ0) is 15.5. The molecule has 0 fully saturated rings. The molecule has 5 nitrogen and oxygen atoms in total. The molecule has 0 radical (unpaired) electrons. The van der Waals surface area contributed by atoms with E-state index in [-0.39, 0.29) is 12.3 Å². The van der Waals surface area contributed by atoms with Crippen molar-refractivity contribution in [3.05, 3.63) is 23.2 Å². The van der Waals surface area contributed by atoms with Crippen LogP contribution in [0, 0.1) is 5.41 Å². The fourth-order valence-corrected chi connectivity index (χ4v) is 2.09. The molecule has 110 valence electrons. The highest BCUT2D eigenvalue weighted by molar-refractivity contribution is 6.34. The average molecular weight is 299 g/mol. The van der Waals surface area contributed by atoms with Gasteiger partial charge in [0.05, 0.1) is 21.8 Å². The molecule has 0 saturated carbocycles. The molecular weight excluding hydrogens is 280 g/mol. The van der Waals surface area contributed by atoms with Crippen molar-refractivity contribution in [3.63, 3.8) is 0 Å². The van der Waals surface area contributed by atoms with Gasteiger partial charge in [0.15, 0.2) is 0 Å². The first-order valence-electron chi connectivity index (χ1n) is 6.14. The highest BCUT2D eigenvalue weighted by atomic mass is 35.5. The summed E-state index contributed by atoms with van der Waals surface area (Å²) in [5.41, 5.74) is 0.144. The van der Waals surface area contributed by atoms with Gasteiger partial charge in [-0.15, -0.1) is 0 Å². The third kappa shape index (κ3) is 3.87. The zero-order valence-electron chi connectivity index (χ0n) is 12.0. The first-order valence-corrected chi connectivity index (χ1v) is 6.52. The Morgan fingerprint density at radius 2 is 1.95 bits per heavy atom. The molecule has 0 bridgehead atoms. The number of anilines is 2. The second-order valence-corrected chi connectivity index (χ2v) is 5.85. The van der Waals surface area contributed by atoms with Crippen LogP contribution in [0.2, 0.25) is 5.02 Å². The van der Waals surface area contributed by atoms with Crippen molar-refractivity contribution >= 4 is 34.9 Å². The summed E-state index contributed by atoms with van der Waals surface area (Å²) in [6.45, 7) is 3.03. The van der Waals surface area contributed by atoms with Gasteiger partial charge in [-0.1, -0.05) is 17.7 Å². The van der Waals surface area contributed by atoms with E-state index in [9.17, 15) is 9.59 Å². The number of para-hydroxylation sites is 1. The number of carboxylic acids is 1. The van der Waals surface area contributed by atoms with Crippen molar-refractivity contribution in [1.29, 1.82) is 0 Å². The summed E-state index contributed by atoms with van der Waals surface area (Å²) < 4.78 is 0. The summed E-state index contributed by atoms with van der Waals surface area (Å²) in [6, 6.07) is 5.19. The number of carbonyl (C=O) groups is 2. The van der Waals surface area contributed by atoms with Gasteiger partial charge in [-0.3, -0.25) is 9.59 Å². The van der Waals surface area contributed by atoms with Crippen LogP contribution in [0.25, 0.3) is 0 Å². The Morgan fingerprint density at radius 1 is 1.35 bits per heavy atom. The van der Waals surface area contributed by atoms with Crippen LogP contribution >= 0.6 is 11.6 Å². The molecule has 0 saturated heterocycles. The maximum atomic E-state index is 12.0. The molecule has 1 aromatic carbocycles. The van der Waals surface area contributed by atoms with Crippen LogP contribution in [-0.2, 0) is 9.59 Å². The number of halogens is 1. The number of nitrogens with one attached hydrogen (secondary N) is 1. The van der Waals surface area contributed by atoms with Crippen LogP contribution in [0.15, 0.2) is 18.2 Å². The summed E-state index contributed by atoms with van der Waals surface area (Å²) in [5, 5.41) is 12.3. The number of rotatable bonds is 5. The average Bonchev–Trinajstić information content (AvgIpc) is 2.26. The van der Waals surface area contributed by atoms with Crippen molar-refractivity contribution in [2.45, 2.75) is 20.3 Å². The fraction of sp³-hybridized carbons (Fsp3) is 0.429. The van der Waals surface area contributed by atoms with Crippen molar-refractivity contribution in [1.82, 2.24) is 0 Å². The molecule has 1 rings (SSSR count). The molecular formula is C14H19ClN2O3. The Labute approximate surface area is 123 Å². The lowest BCUT2D eigenvalue weighted by atomic mass is 9.89. The van der Waals surface area contributed by atoms with Crippen LogP contribution in [0.3, 0.4) is 0 Å². The Balaban J connectivity index is 2.92. The van der Waals surface area contributed by atoms with Crippen molar-refractivity contribution in [2.24, 2.45) is 5.41 Å². The molecule has 1 amide bonds. The molecule has 20 heavy (non-hydrogen) atoms. The molecule has 0 unspecified atom stereocenters. The van der Waals surface area contributed by atoms with E-state index < -0.39 is 11.4 Å². The molecule has 0 spiro atoms. The van der Waals surface area contributed by atoms with Gasteiger partial charge in [-0.05, 0) is 26.0 Å². The Hall–Kier alpha value is -1.75. The van der Waals surface area contributed by atoms with Crippen LogP contribution in [-0.4, -0.2) is 31.1 Å². The third-order valence-electron chi connectivity index (χ3n) is 2.89. The van der Waals surface area contributed by atoms with Gasteiger partial charge in [0.25, 0.3) is 0 Å². The van der Waals surface area contributed by atoms with Crippen molar-refractivity contribution < 1.29 is 14.7 Å². The van der Waals surface area contributed by atoms with E-state index in [0.717, 1.165) is 0 Å². The first-order chi connectivity index (χ1) is 9.15. The molecule has 1 aromatic rings. The Kier molecular flexibility index (Phi) is 5.00. The molecule has 0 atom stereocenters. The second kappa shape index (κ2) is 6.13. The number of aliphatic carboxylic acids is 1. The van der Waals surface area contributed by atoms with Gasteiger partial charge >= 0.3 is 5.97 Å². The topological polar surface area (TPSA) is 69.6 Å². The van der Waals surface area contributed by atoms with Crippen molar-refractivity contribution in [3.8, 4) is 0 Å². The van der Waals surface area contributed by atoms with E-state index in [0.29, 0.717) is 16.4 Å². The van der Waals surface area contributed by atoms with Gasteiger partial charge in [0.2, 0.25) is 5.91 Å². The minimum atomic E-state index is -1.11. The lowest BCUT2D eigenvalue weighted by Crippen LogP contribution is -2.30. The van der Waals surface area contributed by atoms with Crippen LogP contribution in [0.1, 0.15) is 20.3 Å². The lowest BCUT2D eigenvalue weighted by molar-refractivity contribution is -0.148. The number of amides is 1. The first kappa shape index (κ1) is 16.3. The molecule has 6 heteroatoms. The molecule has 2 N–H and O–H groups in total. The van der Waals surface area contributed by atoms with E-state index >= 15 is 0 Å². The van der Waals surface area contributed by atoms with E-state index in [1.807, 2.05) is 14.1 Å². The number of carboxylic acid groups (broad SMARTS) is 1. The summed E-state index contributed by atoms with van der Waals surface area (Å²) >= 11 is 6.10. The standard InChI is InChI=1S/C14H19ClN2O3/c1-14(2,13(19)20)8-11(18)16-10-7-5-6-9(15)12(10)17(3)4/h5-7H,8H2,1-4H3,(H,16,18)(H,19,20). The Morgan fingerprint density at radius 3 is 2.45 bits per heavy atom. The summed E-state index contributed by atoms with van der Waals surface area (Å²) in [5.74, 6) is -1.37. The highest BCUT2D eigenvalue weighted by Gasteiger charge is 2.30. The van der Waals surface area contributed by atoms with Gasteiger partial charge in [-0.25, -0.2) is 0 Å². The van der Waals surface area contributed by atoms with E-state index in [4.69, 9.17) is 16.7 Å². The monoisotopic (exact) mass is 298 g/mol. The fourth-order valence-electron chi connectivity index (χ4n) is 1.74. The highest BCUT2D eigenvalue weighted by Crippen LogP contribution is 2.33. The summed E-state index contributed by atoms with van der Waals surface area (Å²) in [6.07, 6.45) is -0.109. The maximum absolute atomic E-state index is 12.0. The number of nitrogens with zero attached hydrogens (tertiary/aromatic N) is 1. The zero-order valence-corrected chi connectivity index (χ0v) is 12.8. The Bertz CT molecular complexity index is 527. The SMILES string of the molecule is CN(C)c1c(Cl)cccc1NC(=O)CC(C)(C)C(=O)O. The van der Waals surface area contributed by atoms with E-state index in [1.165, 1.54) is 13.8 Å². The summed E-state index contributed by atoms with van der Waals surface area (Å²) in [4.78, 5) is 24.8. The van der Waals surface area contributed by atoms with Crippen LogP contribution in [0.5, 0.6) is 0 Å². The van der Waals surface area contributed by atoms with E-state index in [1.54, 1.807) is 23.1 Å². The van der Waals surface area contributed by atoms with Gasteiger partial charge in [-0.2, -0.15) is 0 Å². The molecule has 0 aliphatic carbocycles. The number of carbonyl (C=O) groups excluding carboxylic acids is 1. The predicted octanol–water partition coefficient (Wildman–Crippen LogP) is 2.85. The molecule has 0 aliphatic rings. The quantitative estimate of drug-likeness (QED) is 0.877. The molecule has 0 aliphatic heterocycles. The van der Waals surface area contributed by atoms with Gasteiger partial charge in [0, 0.05) is 20.5 Å². The lowest BCUT2D eigenvalue weighted by Gasteiger charge is -2.21. The van der Waals surface area contributed by atoms with Gasteiger partial charge < -0.3 is 15.3 Å². The van der Waals surface area contributed by atoms with Gasteiger partial charge in [0.1, 0.15) is 0 Å². The molecule has 0 heterocycles. The third-order valence-corrected chi connectivity index (χ3v) is 3.19. The minimum Gasteiger partial charge on any atom is -0.481 e. The van der Waals surface area contributed by atoms with Crippen LogP contribution in [0.4, 0.5) is 11.4 Å². The normalized spacial score (nSPS) is 11.1. The number of hydrogen-bond donors (Lipinski definition) is 2. The smallest absolute Gasteiger partial charge is 0.309 e. The van der Waals surface area contributed by atoms with Crippen molar-refractivity contribution in [2.75, 3.05) is 24.3 Å². The predicted molar refractivity (Wildman–Crippen MR) is 80.4 cm³/mol. The maximum Gasteiger partial charge on any atom is 0.309 e. The second-order valence-electron chi connectivity index (χ2n) is 5.44. The summed E-state index contributed by atoms with van der Waals surface area (Å²) in [7, 11) is 3.64.